The Morgan fingerprint density at radius 1 is 0.647 bits per heavy atom. The Morgan fingerprint density at radius 3 is 1.53 bits per heavy atom. The minimum Gasteiger partial charge on any atom is -0.397 e. The van der Waals surface area contributed by atoms with Crippen LogP contribution in [-0.4, -0.2) is 0 Å². The molecule has 0 aromatic heterocycles. The van der Waals surface area contributed by atoms with Crippen molar-refractivity contribution >= 4 is 11.4 Å². The summed E-state index contributed by atoms with van der Waals surface area (Å²) >= 11 is 0. The van der Waals surface area contributed by atoms with E-state index in [0.29, 0.717) is 11.4 Å². The molecule has 1 aliphatic rings. The van der Waals surface area contributed by atoms with Crippen LogP contribution >= 0.6 is 0 Å². The van der Waals surface area contributed by atoms with E-state index in [9.17, 15) is 0 Å². The van der Waals surface area contributed by atoms with Gasteiger partial charge in [-0.3, -0.25) is 0 Å². The first kappa shape index (κ1) is 9.97. The summed E-state index contributed by atoms with van der Waals surface area (Å²) < 4.78 is 0. The quantitative estimate of drug-likeness (QED) is 0.718. The number of fused-ring (bicyclic) bond motifs is 2. The van der Waals surface area contributed by atoms with Crippen LogP contribution in [0.15, 0.2) is 48.5 Å². The maximum absolute atomic E-state index is 6.16. The predicted octanol–water partition coefficient (Wildman–Crippen LogP) is 2.33. The fourth-order valence-corrected chi connectivity index (χ4v) is 2.37. The lowest BCUT2D eigenvalue weighted by Crippen LogP contribution is -2.07. The summed E-state index contributed by atoms with van der Waals surface area (Å²) in [6.45, 7) is 0. The van der Waals surface area contributed by atoms with Crippen molar-refractivity contribution in [2.45, 2.75) is 6.42 Å². The number of hydrogen-bond acceptors (Lipinski definition) is 2. The topological polar surface area (TPSA) is 52.0 Å². The van der Waals surface area contributed by atoms with Crippen molar-refractivity contribution in [1.82, 2.24) is 0 Å². The SMILES string of the molecule is NC1=C(N)c2ccccc2Cc2ccccc21. The summed E-state index contributed by atoms with van der Waals surface area (Å²) in [4.78, 5) is 0. The highest BCUT2D eigenvalue weighted by Crippen LogP contribution is 2.30. The molecular weight excluding hydrogens is 208 g/mol. The number of rotatable bonds is 0. The van der Waals surface area contributed by atoms with Gasteiger partial charge in [0.15, 0.2) is 0 Å². The highest BCUT2D eigenvalue weighted by Gasteiger charge is 2.17. The van der Waals surface area contributed by atoms with E-state index in [1.807, 2.05) is 36.4 Å². The third-order valence-electron chi connectivity index (χ3n) is 3.29. The molecule has 2 heteroatoms. The summed E-state index contributed by atoms with van der Waals surface area (Å²) in [6, 6.07) is 16.3. The Balaban J connectivity index is 2.33. The van der Waals surface area contributed by atoms with Gasteiger partial charge in [-0.2, -0.15) is 0 Å². The van der Waals surface area contributed by atoms with Gasteiger partial charge in [-0.15, -0.1) is 0 Å². The highest BCUT2D eigenvalue weighted by atomic mass is 14.7. The lowest BCUT2D eigenvalue weighted by atomic mass is 9.99. The molecule has 2 aromatic carbocycles. The minimum absolute atomic E-state index is 0.686. The van der Waals surface area contributed by atoms with E-state index in [2.05, 4.69) is 12.1 Å². The molecule has 0 spiro atoms. The van der Waals surface area contributed by atoms with E-state index in [0.717, 1.165) is 17.5 Å². The van der Waals surface area contributed by atoms with E-state index in [-0.39, 0.29) is 0 Å². The Morgan fingerprint density at radius 2 is 1.06 bits per heavy atom. The van der Waals surface area contributed by atoms with E-state index in [1.54, 1.807) is 0 Å². The van der Waals surface area contributed by atoms with Crippen molar-refractivity contribution in [2.24, 2.45) is 11.5 Å². The molecule has 2 aromatic rings. The van der Waals surface area contributed by atoms with Crippen LogP contribution in [0.4, 0.5) is 0 Å². The molecule has 4 N–H and O–H groups in total. The number of hydrogen-bond donors (Lipinski definition) is 2. The normalized spacial score (nSPS) is 13.9. The molecule has 84 valence electrons. The average Bonchev–Trinajstić information content (AvgIpc) is 2.48. The van der Waals surface area contributed by atoms with Crippen LogP contribution in [0.25, 0.3) is 11.4 Å². The molecule has 0 amide bonds. The first-order chi connectivity index (χ1) is 8.27. The molecule has 0 bridgehead atoms. The summed E-state index contributed by atoms with van der Waals surface area (Å²) in [7, 11) is 0. The summed E-state index contributed by atoms with van der Waals surface area (Å²) in [6.07, 6.45) is 0.883. The maximum Gasteiger partial charge on any atom is 0.0630 e. The maximum atomic E-state index is 6.16. The standard InChI is InChI=1S/C15H14N2/c16-14-12-7-3-1-5-10(12)9-11-6-2-4-8-13(11)15(14)17/h1-8H,9,16-17H2. The van der Waals surface area contributed by atoms with Crippen molar-refractivity contribution in [1.29, 1.82) is 0 Å². The van der Waals surface area contributed by atoms with Gasteiger partial charge in [0.1, 0.15) is 0 Å². The van der Waals surface area contributed by atoms with Gasteiger partial charge in [0.2, 0.25) is 0 Å². The Hall–Kier alpha value is -2.22. The molecule has 0 aliphatic heterocycles. The fraction of sp³-hybridized carbons (Fsp3) is 0.0667. The predicted molar refractivity (Wildman–Crippen MR) is 70.9 cm³/mol. The van der Waals surface area contributed by atoms with Crippen LogP contribution < -0.4 is 11.5 Å². The monoisotopic (exact) mass is 222 g/mol. The van der Waals surface area contributed by atoms with Crippen LogP contribution in [0, 0.1) is 0 Å². The van der Waals surface area contributed by atoms with Gasteiger partial charge >= 0.3 is 0 Å². The molecule has 0 fully saturated rings. The second kappa shape index (κ2) is 3.67. The number of nitrogens with two attached hydrogens (primary N) is 2. The average molecular weight is 222 g/mol. The van der Waals surface area contributed by atoms with Crippen molar-refractivity contribution in [3.8, 4) is 0 Å². The van der Waals surface area contributed by atoms with Gasteiger partial charge in [-0.1, -0.05) is 48.5 Å². The van der Waals surface area contributed by atoms with Crippen LogP contribution in [0.1, 0.15) is 22.3 Å². The Bertz CT molecular complexity index is 558. The van der Waals surface area contributed by atoms with Gasteiger partial charge < -0.3 is 11.5 Å². The van der Waals surface area contributed by atoms with Gasteiger partial charge in [-0.25, -0.2) is 0 Å². The summed E-state index contributed by atoms with van der Waals surface area (Å²) in [5.41, 5.74) is 18.3. The molecule has 0 saturated heterocycles. The second-order valence-corrected chi connectivity index (χ2v) is 4.32. The lowest BCUT2D eigenvalue weighted by molar-refractivity contribution is 1.18. The largest absolute Gasteiger partial charge is 0.397 e. The molecule has 0 unspecified atom stereocenters. The van der Waals surface area contributed by atoms with Crippen LogP contribution in [0.5, 0.6) is 0 Å². The lowest BCUT2D eigenvalue weighted by Gasteiger charge is -2.07. The van der Waals surface area contributed by atoms with E-state index in [1.165, 1.54) is 11.1 Å². The Kier molecular flexibility index (Phi) is 2.15. The van der Waals surface area contributed by atoms with E-state index >= 15 is 0 Å². The second-order valence-electron chi connectivity index (χ2n) is 4.32. The van der Waals surface area contributed by atoms with Crippen molar-refractivity contribution in [2.75, 3.05) is 0 Å². The van der Waals surface area contributed by atoms with Crippen molar-refractivity contribution < 1.29 is 0 Å². The zero-order valence-corrected chi connectivity index (χ0v) is 9.48. The molecule has 1 aliphatic carbocycles. The molecule has 0 radical (unpaired) electrons. The first-order valence-corrected chi connectivity index (χ1v) is 5.69. The van der Waals surface area contributed by atoms with Gasteiger partial charge in [-0.05, 0) is 17.5 Å². The molecule has 0 heterocycles. The zero-order chi connectivity index (χ0) is 11.8. The highest BCUT2D eigenvalue weighted by molar-refractivity contribution is 5.90. The minimum atomic E-state index is 0.686. The van der Waals surface area contributed by atoms with Gasteiger partial charge in [0, 0.05) is 11.1 Å². The molecule has 2 nitrogen and oxygen atoms in total. The summed E-state index contributed by atoms with van der Waals surface area (Å²) in [5, 5.41) is 0. The first-order valence-electron chi connectivity index (χ1n) is 5.69. The Labute approximate surface area is 101 Å². The number of benzene rings is 2. The molecule has 0 atom stereocenters. The van der Waals surface area contributed by atoms with Crippen molar-refractivity contribution in [3.63, 3.8) is 0 Å². The van der Waals surface area contributed by atoms with Gasteiger partial charge in [0.25, 0.3) is 0 Å². The fourth-order valence-electron chi connectivity index (χ4n) is 2.37. The van der Waals surface area contributed by atoms with Gasteiger partial charge in [0.05, 0.1) is 11.4 Å². The van der Waals surface area contributed by atoms with E-state index in [4.69, 9.17) is 11.5 Å². The smallest absolute Gasteiger partial charge is 0.0630 e. The molecule has 0 saturated carbocycles. The third-order valence-corrected chi connectivity index (χ3v) is 3.29. The summed E-state index contributed by atoms with van der Waals surface area (Å²) in [5.74, 6) is 0. The zero-order valence-electron chi connectivity index (χ0n) is 9.48. The molecule has 17 heavy (non-hydrogen) atoms. The molecular formula is C15H14N2. The van der Waals surface area contributed by atoms with Crippen LogP contribution in [0.2, 0.25) is 0 Å². The molecule has 3 rings (SSSR count). The van der Waals surface area contributed by atoms with Crippen molar-refractivity contribution in [3.05, 3.63) is 70.8 Å². The van der Waals surface area contributed by atoms with Crippen LogP contribution in [-0.2, 0) is 6.42 Å². The van der Waals surface area contributed by atoms with E-state index < -0.39 is 0 Å². The third kappa shape index (κ3) is 1.49. The van der Waals surface area contributed by atoms with Crippen LogP contribution in [0.3, 0.4) is 0 Å².